The Morgan fingerprint density at radius 1 is 1.21 bits per heavy atom. The van der Waals surface area contributed by atoms with Crippen molar-refractivity contribution in [3.05, 3.63) is 60.2 Å². The van der Waals surface area contributed by atoms with Gasteiger partial charge in [0.2, 0.25) is 15.8 Å². The van der Waals surface area contributed by atoms with E-state index in [-0.39, 0.29) is 11.3 Å². The number of aliphatic carboxylic acids is 1. The Bertz CT molecular complexity index is 1140. The molecule has 1 fully saturated rings. The second-order valence-electron chi connectivity index (χ2n) is 6.88. The molecule has 1 aliphatic rings. The fraction of sp³-hybridized carbons (Fsp3) is 0.263. The van der Waals surface area contributed by atoms with E-state index in [9.17, 15) is 18.3 Å². The molecule has 1 heterocycles. The summed E-state index contributed by atoms with van der Waals surface area (Å²) in [4.78, 5) is 13.3. The van der Waals surface area contributed by atoms with Crippen molar-refractivity contribution >= 4 is 16.0 Å². The van der Waals surface area contributed by atoms with Crippen LogP contribution in [0.25, 0.3) is 11.4 Å². The van der Waals surface area contributed by atoms with Crippen LogP contribution in [-0.4, -0.2) is 45.2 Å². The van der Waals surface area contributed by atoms with Crippen LogP contribution in [0.2, 0.25) is 0 Å². The van der Waals surface area contributed by atoms with Crippen molar-refractivity contribution in [1.82, 2.24) is 24.9 Å². The van der Waals surface area contributed by atoms with Crippen molar-refractivity contribution in [3.8, 4) is 11.4 Å². The van der Waals surface area contributed by atoms with Crippen molar-refractivity contribution in [1.29, 1.82) is 0 Å². The molecule has 9 nitrogen and oxygen atoms in total. The Labute approximate surface area is 167 Å². The predicted molar refractivity (Wildman–Crippen MR) is 103 cm³/mol. The van der Waals surface area contributed by atoms with Gasteiger partial charge in [-0.3, -0.25) is 4.79 Å². The molecule has 2 atom stereocenters. The molecule has 10 heteroatoms. The normalized spacial score (nSPS) is 21.1. The van der Waals surface area contributed by atoms with Crippen molar-refractivity contribution < 1.29 is 18.3 Å². The quantitative estimate of drug-likeness (QED) is 0.603. The zero-order valence-corrected chi connectivity index (χ0v) is 16.4. The van der Waals surface area contributed by atoms with Crippen LogP contribution in [0.4, 0.5) is 0 Å². The summed E-state index contributed by atoms with van der Waals surface area (Å²) < 4.78 is 28.1. The molecule has 1 aliphatic carbocycles. The average molecular weight is 413 g/mol. The molecule has 0 saturated heterocycles. The molecule has 0 radical (unpaired) electrons. The SMILES string of the molecule is CCn1nnc(-c2ccc(S(=O)(=O)N[C@]3(C(=O)O)C[C@H]3c3ccccc3)cc2)n1. The summed E-state index contributed by atoms with van der Waals surface area (Å²) in [7, 11) is -4.03. The minimum Gasteiger partial charge on any atom is -0.480 e. The third kappa shape index (κ3) is 3.52. The Kier molecular flexibility index (Phi) is 4.67. The molecule has 1 saturated carbocycles. The average Bonchev–Trinajstić information content (AvgIpc) is 3.24. The summed E-state index contributed by atoms with van der Waals surface area (Å²) in [5.41, 5.74) is -0.132. The number of aryl methyl sites for hydroxylation is 1. The first kappa shape index (κ1) is 19.2. The monoisotopic (exact) mass is 413 g/mol. The van der Waals surface area contributed by atoms with E-state index < -0.39 is 27.4 Å². The van der Waals surface area contributed by atoms with Gasteiger partial charge >= 0.3 is 5.97 Å². The van der Waals surface area contributed by atoms with Crippen molar-refractivity contribution in [2.75, 3.05) is 0 Å². The number of carboxylic acids is 1. The van der Waals surface area contributed by atoms with Crippen LogP contribution in [0.1, 0.15) is 24.8 Å². The van der Waals surface area contributed by atoms with E-state index in [2.05, 4.69) is 20.1 Å². The highest BCUT2D eigenvalue weighted by atomic mass is 32.2. The van der Waals surface area contributed by atoms with Gasteiger partial charge in [-0.15, -0.1) is 10.2 Å². The molecular formula is C19H19N5O4S. The molecule has 0 bridgehead atoms. The molecule has 0 amide bonds. The summed E-state index contributed by atoms with van der Waals surface area (Å²) in [5.74, 6) is -1.22. The van der Waals surface area contributed by atoms with Gasteiger partial charge in [0.25, 0.3) is 0 Å². The van der Waals surface area contributed by atoms with Crippen LogP contribution in [0.3, 0.4) is 0 Å². The lowest BCUT2D eigenvalue weighted by atomic mass is 10.1. The Hall–Kier alpha value is -3.11. The molecular weight excluding hydrogens is 394 g/mol. The molecule has 150 valence electrons. The standard InChI is InChI=1S/C19H19N5O4S/c1-2-24-21-17(20-23-24)14-8-10-15(11-9-14)29(27,28)22-19(18(25)26)12-16(19)13-6-4-3-5-7-13/h3-11,16,22H,2,12H2,1H3,(H,25,26)/t16-,19+/m0/s1. The Balaban J connectivity index is 1.57. The maximum absolute atomic E-state index is 12.8. The van der Waals surface area contributed by atoms with Crippen molar-refractivity contribution in [3.63, 3.8) is 0 Å². The number of tetrazole rings is 1. The van der Waals surface area contributed by atoms with Gasteiger partial charge in [0.15, 0.2) is 0 Å². The number of nitrogens with zero attached hydrogens (tertiary/aromatic N) is 4. The maximum Gasteiger partial charge on any atom is 0.325 e. The fourth-order valence-electron chi connectivity index (χ4n) is 3.32. The van der Waals surface area contributed by atoms with E-state index in [1.165, 1.54) is 16.9 Å². The van der Waals surface area contributed by atoms with E-state index >= 15 is 0 Å². The number of nitrogens with one attached hydrogen (secondary N) is 1. The first-order valence-electron chi connectivity index (χ1n) is 9.06. The van der Waals surface area contributed by atoms with Gasteiger partial charge in [-0.25, -0.2) is 8.42 Å². The molecule has 1 aromatic heterocycles. The number of carbonyl (C=O) groups is 1. The maximum atomic E-state index is 12.8. The van der Waals surface area contributed by atoms with Gasteiger partial charge in [-0.1, -0.05) is 30.3 Å². The van der Waals surface area contributed by atoms with Gasteiger partial charge in [-0.2, -0.15) is 9.52 Å². The van der Waals surface area contributed by atoms with E-state index in [0.717, 1.165) is 5.56 Å². The lowest BCUT2D eigenvalue weighted by molar-refractivity contribution is -0.140. The number of rotatable bonds is 7. The number of aromatic nitrogens is 4. The second-order valence-corrected chi connectivity index (χ2v) is 8.56. The third-order valence-electron chi connectivity index (χ3n) is 5.02. The summed E-state index contributed by atoms with van der Waals surface area (Å²) in [6, 6.07) is 15.0. The minimum atomic E-state index is -4.03. The van der Waals surface area contributed by atoms with Crippen LogP contribution < -0.4 is 4.72 Å². The lowest BCUT2D eigenvalue weighted by Gasteiger charge is -2.15. The molecule has 2 aromatic carbocycles. The van der Waals surface area contributed by atoms with Gasteiger partial charge in [-0.05, 0) is 48.4 Å². The number of benzene rings is 2. The Morgan fingerprint density at radius 3 is 2.48 bits per heavy atom. The molecule has 3 aromatic rings. The highest BCUT2D eigenvalue weighted by molar-refractivity contribution is 7.89. The molecule has 0 spiro atoms. The molecule has 0 unspecified atom stereocenters. The van der Waals surface area contributed by atoms with Crippen LogP contribution >= 0.6 is 0 Å². The summed E-state index contributed by atoms with van der Waals surface area (Å²) >= 11 is 0. The van der Waals surface area contributed by atoms with Crippen LogP contribution in [0.15, 0.2) is 59.5 Å². The zero-order valence-electron chi connectivity index (χ0n) is 15.6. The van der Waals surface area contributed by atoms with Crippen LogP contribution in [-0.2, 0) is 21.4 Å². The van der Waals surface area contributed by atoms with Gasteiger partial charge < -0.3 is 5.11 Å². The summed E-state index contributed by atoms with van der Waals surface area (Å²) in [6.45, 7) is 2.45. The van der Waals surface area contributed by atoms with E-state index in [4.69, 9.17) is 0 Å². The summed E-state index contributed by atoms with van der Waals surface area (Å²) in [5, 5.41) is 21.7. The first-order chi connectivity index (χ1) is 13.9. The highest BCUT2D eigenvalue weighted by Crippen LogP contribution is 2.52. The van der Waals surface area contributed by atoms with Gasteiger partial charge in [0.1, 0.15) is 5.54 Å². The topological polar surface area (TPSA) is 127 Å². The molecule has 0 aliphatic heterocycles. The van der Waals surface area contributed by atoms with Crippen LogP contribution in [0.5, 0.6) is 0 Å². The number of hydrogen-bond acceptors (Lipinski definition) is 6. The molecule has 4 rings (SSSR count). The largest absolute Gasteiger partial charge is 0.480 e. The Morgan fingerprint density at radius 2 is 1.90 bits per heavy atom. The van der Waals surface area contributed by atoms with Crippen molar-refractivity contribution in [2.45, 2.75) is 36.2 Å². The van der Waals surface area contributed by atoms with E-state index in [0.29, 0.717) is 17.9 Å². The smallest absolute Gasteiger partial charge is 0.325 e. The number of hydrogen-bond donors (Lipinski definition) is 2. The van der Waals surface area contributed by atoms with E-state index in [1.807, 2.05) is 13.0 Å². The predicted octanol–water partition coefficient (Wildman–Crippen LogP) is 1.65. The first-order valence-corrected chi connectivity index (χ1v) is 10.5. The van der Waals surface area contributed by atoms with Gasteiger partial charge in [0.05, 0.1) is 11.4 Å². The van der Waals surface area contributed by atoms with Crippen molar-refractivity contribution in [2.24, 2.45) is 0 Å². The zero-order chi connectivity index (χ0) is 20.6. The number of sulfonamides is 1. The second kappa shape index (κ2) is 7.05. The highest BCUT2D eigenvalue weighted by Gasteiger charge is 2.63. The van der Waals surface area contributed by atoms with E-state index in [1.54, 1.807) is 36.4 Å². The molecule has 2 N–H and O–H groups in total. The minimum absolute atomic E-state index is 0.0246. The summed E-state index contributed by atoms with van der Waals surface area (Å²) in [6.07, 6.45) is 0.202. The fourth-order valence-corrected chi connectivity index (χ4v) is 4.72. The lowest BCUT2D eigenvalue weighted by Crippen LogP contribution is -2.44. The van der Waals surface area contributed by atoms with Gasteiger partial charge in [0, 0.05) is 11.5 Å². The molecule has 29 heavy (non-hydrogen) atoms. The number of carboxylic acid groups (broad SMARTS) is 1. The third-order valence-corrected chi connectivity index (χ3v) is 6.55. The van der Waals surface area contributed by atoms with Crippen LogP contribution in [0, 0.1) is 0 Å².